The van der Waals surface area contributed by atoms with Gasteiger partial charge in [0.1, 0.15) is 5.82 Å². The molecule has 104 valence electrons. The summed E-state index contributed by atoms with van der Waals surface area (Å²) in [6.07, 6.45) is 0. The highest BCUT2D eigenvalue weighted by Gasteiger charge is 2.26. The number of hydrogen-bond acceptors (Lipinski definition) is 3. The summed E-state index contributed by atoms with van der Waals surface area (Å²) in [4.78, 5) is 5.01. The maximum Gasteiger partial charge on any atom is 0.126 e. The van der Waals surface area contributed by atoms with Crippen molar-refractivity contribution in [3.63, 3.8) is 0 Å². The number of piperazine rings is 1. The lowest BCUT2D eigenvalue weighted by atomic mass is 10.0. The quantitative estimate of drug-likeness (QED) is 0.855. The lowest BCUT2D eigenvalue weighted by Gasteiger charge is -2.37. The van der Waals surface area contributed by atoms with Crippen LogP contribution in [0.15, 0.2) is 18.2 Å². The number of nitrogens with zero attached hydrogens (tertiary/aromatic N) is 2. The normalized spacial score (nSPS) is 19.3. The maximum absolute atomic E-state index is 13.4. The fourth-order valence-electron chi connectivity index (χ4n) is 2.47. The topological polar surface area (TPSA) is 32.5 Å². The summed E-state index contributed by atoms with van der Waals surface area (Å²) in [6, 6.07) is 5.02. The molecule has 1 aliphatic rings. The van der Waals surface area contributed by atoms with Crippen LogP contribution in [0.1, 0.15) is 17.2 Å². The Balaban J connectivity index is 2.24. The van der Waals surface area contributed by atoms with Gasteiger partial charge in [-0.1, -0.05) is 24.4 Å². The largest absolute Gasteiger partial charge is 0.392 e. The second-order valence-corrected chi connectivity index (χ2v) is 5.62. The average molecular weight is 281 g/mol. The van der Waals surface area contributed by atoms with E-state index in [4.69, 9.17) is 18.0 Å². The molecule has 0 aliphatic carbocycles. The first-order valence-corrected chi connectivity index (χ1v) is 6.88. The van der Waals surface area contributed by atoms with Gasteiger partial charge in [-0.05, 0) is 31.2 Å². The van der Waals surface area contributed by atoms with Gasteiger partial charge in [0.15, 0.2) is 0 Å². The molecule has 0 aromatic heterocycles. The zero-order valence-corrected chi connectivity index (χ0v) is 12.2. The molecule has 19 heavy (non-hydrogen) atoms. The van der Waals surface area contributed by atoms with E-state index in [1.807, 2.05) is 6.07 Å². The van der Waals surface area contributed by atoms with E-state index in [1.165, 1.54) is 6.07 Å². The van der Waals surface area contributed by atoms with Crippen LogP contribution in [0.25, 0.3) is 0 Å². The number of hydrogen-bond donors (Lipinski definition) is 1. The van der Waals surface area contributed by atoms with Crippen molar-refractivity contribution in [1.82, 2.24) is 9.80 Å². The smallest absolute Gasteiger partial charge is 0.126 e. The van der Waals surface area contributed by atoms with Crippen LogP contribution in [0.5, 0.6) is 0 Å². The highest BCUT2D eigenvalue weighted by Crippen LogP contribution is 2.24. The third kappa shape index (κ3) is 3.29. The van der Waals surface area contributed by atoms with Crippen LogP contribution in [0.2, 0.25) is 0 Å². The number of likely N-dealkylation sites (N-methyl/N-ethyl adjacent to an activating group) is 1. The molecule has 1 heterocycles. The van der Waals surface area contributed by atoms with Crippen molar-refractivity contribution in [1.29, 1.82) is 0 Å². The summed E-state index contributed by atoms with van der Waals surface area (Å²) >= 11 is 5.21. The minimum atomic E-state index is -0.191. The number of aryl methyl sites for hydroxylation is 1. The number of nitrogens with two attached hydrogens (primary N) is 1. The van der Waals surface area contributed by atoms with Gasteiger partial charge >= 0.3 is 0 Å². The van der Waals surface area contributed by atoms with Gasteiger partial charge in [-0.2, -0.15) is 0 Å². The van der Waals surface area contributed by atoms with Crippen LogP contribution < -0.4 is 5.73 Å². The van der Waals surface area contributed by atoms with Crippen LogP contribution in [-0.2, 0) is 0 Å². The number of rotatable bonds is 3. The summed E-state index contributed by atoms with van der Waals surface area (Å²) in [5, 5.41) is 0. The van der Waals surface area contributed by atoms with E-state index in [0.717, 1.165) is 31.7 Å². The Bertz CT molecular complexity index is 470. The van der Waals surface area contributed by atoms with E-state index in [1.54, 1.807) is 13.0 Å². The molecule has 0 radical (unpaired) electrons. The SMILES string of the molecule is Cc1cc(C(C(N)=S)N2CCN(C)CC2)ccc1F. The molecule has 2 rings (SSSR count). The van der Waals surface area contributed by atoms with Crippen LogP contribution in [0.3, 0.4) is 0 Å². The lowest BCUT2D eigenvalue weighted by molar-refractivity contribution is 0.137. The fraction of sp³-hybridized carbons (Fsp3) is 0.500. The summed E-state index contributed by atoms with van der Waals surface area (Å²) in [5.41, 5.74) is 7.52. The molecule has 1 atom stereocenters. The molecular formula is C14H20FN3S. The van der Waals surface area contributed by atoms with Gasteiger partial charge in [0, 0.05) is 26.2 Å². The molecule has 3 nitrogen and oxygen atoms in total. The predicted molar refractivity (Wildman–Crippen MR) is 79.7 cm³/mol. The first-order chi connectivity index (χ1) is 8.99. The highest BCUT2D eigenvalue weighted by molar-refractivity contribution is 7.80. The Kier molecular flexibility index (Phi) is 4.50. The Morgan fingerprint density at radius 3 is 2.47 bits per heavy atom. The third-order valence-electron chi connectivity index (χ3n) is 3.67. The second kappa shape index (κ2) is 5.94. The van der Waals surface area contributed by atoms with E-state index >= 15 is 0 Å². The molecule has 1 unspecified atom stereocenters. The molecule has 2 N–H and O–H groups in total. The first kappa shape index (κ1) is 14.4. The minimum absolute atomic E-state index is 0.0944. The van der Waals surface area contributed by atoms with Gasteiger partial charge in [-0.15, -0.1) is 0 Å². The Morgan fingerprint density at radius 2 is 1.95 bits per heavy atom. The summed E-state index contributed by atoms with van der Waals surface area (Å²) in [6.45, 7) is 5.61. The van der Waals surface area contributed by atoms with E-state index in [2.05, 4.69) is 16.8 Å². The average Bonchev–Trinajstić information content (AvgIpc) is 2.36. The lowest BCUT2D eigenvalue weighted by Crippen LogP contribution is -2.48. The molecule has 0 saturated carbocycles. The van der Waals surface area contributed by atoms with Crippen LogP contribution in [0.4, 0.5) is 4.39 Å². The van der Waals surface area contributed by atoms with Gasteiger partial charge in [-0.25, -0.2) is 4.39 Å². The van der Waals surface area contributed by atoms with Gasteiger partial charge < -0.3 is 10.6 Å². The van der Waals surface area contributed by atoms with Crippen molar-refractivity contribution in [3.05, 3.63) is 35.1 Å². The number of benzene rings is 1. The van der Waals surface area contributed by atoms with E-state index < -0.39 is 0 Å². The molecule has 1 saturated heterocycles. The molecule has 0 spiro atoms. The molecule has 1 aromatic carbocycles. The Morgan fingerprint density at radius 1 is 1.32 bits per heavy atom. The van der Waals surface area contributed by atoms with Gasteiger partial charge in [0.25, 0.3) is 0 Å². The van der Waals surface area contributed by atoms with Crippen LogP contribution in [0, 0.1) is 12.7 Å². The first-order valence-electron chi connectivity index (χ1n) is 6.47. The molecule has 1 aromatic rings. The molecule has 5 heteroatoms. The van der Waals surface area contributed by atoms with Gasteiger partial charge in [0.05, 0.1) is 11.0 Å². The molecule has 0 bridgehead atoms. The van der Waals surface area contributed by atoms with Crippen molar-refractivity contribution in [3.8, 4) is 0 Å². The van der Waals surface area contributed by atoms with Crippen molar-refractivity contribution >= 4 is 17.2 Å². The zero-order valence-electron chi connectivity index (χ0n) is 11.4. The third-order valence-corrected chi connectivity index (χ3v) is 3.89. The monoisotopic (exact) mass is 281 g/mol. The standard InChI is InChI=1S/C14H20FN3S/c1-10-9-11(3-4-12(10)15)13(14(16)19)18-7-5-17(2)6-8-18/h3-4,9,13H,5-8H2,1-2H3,(H2,16,19). The molecule has 1 fully saturated rings. The predicted octanol–water partition coefficient (Wildman–Crippen LogP) is 1.71. The molecule has 1 aliphatic heterocycles. The van der Waals surface area contributed by atoms with Crippen LogP contribution >= 0.6 is 12.2 Å². The highest BCUT2D eigenvalue weighted by atomic mass is 32.1. The Hall–Kier alpha value is -1.04. The Labute approximate surface area is 119 Å². The van der Waals surface area contributed by atoms with Crippen molar-refractivity contribution in [2.24, 2.45) is 5.73 Å². The summed E-state index contributed by atoms with van der Waals surface area (Å²) in [7, 11) is 2.11. The van der Waals surface area contributed by atoms with Gasteiger partial charge in [0.2, 0.25) is 0 Å². The maximum atomic E-state index is 13.4. The van der Waals surface area contributed by atoms with Crippen molar-refractivity contribution < 1.29 is 4.39 Å². The van der Waals surface area contributed by atoms with Crippen molar-refractivity contribution in [2.75, 3.05) is 33.2 Å². The summed E-state index contributed by atoms with van der Waals surface area (Å²) < 4.78 is 13.4. The zero-order chi connectivity index (χ0) is 14.0. The van der Waals surface area contributed by atoms with E-state index in [9.17, 15) is 4.39 Å². The second-order valence-electron chi connectivity index (χ2n) is 5.15. The minimum Gasteiger partial charge on any atom is -0.392 e. The fourth-order valence-corrected chi connectivity index (χ4v) is 2.76. The molecular weight excluding hydrogens is 261 g/mol. The van der Waals surface area contributed by atoms with E-state index in [-0.39, 0.29) is 11.9 Å². The van der Waals surface area contributed by atoms with Crippen molar-refractivity contribution in [2.45, 2.75) is 13.0 Å². The van der Waals surface area contributed by atoms with Gasteiger partial charge in [-0.3, -0.25) is 4.90 Å². The summed E-state index contributed by atoms with van der Waals surface area (Å²) in [5.74, 6) is -0.191. The number of thiocarbonyl (C=S) groups is 1. The molecule has 0 amide bonds. The van der Waals surface area contributed by atoms with E-state index in [0.29, 0.717) is 10.6 Å². The van der Waals surface area contributed by atoms with Crippen LogP contribution in [-0.4, -0.2) is 48.0 Å². The number of halogens is 1.